The Morgan fingerprint density at radius 2 is 2.07 bits per heavy atom. The molecule has 0 unspecified atom stereocenters. The van der Waals surface area contributed by atoms with Crippen LogP contribution >= 0.6 is 0 Å². The lowest BCUT2D eigenvalue weighted by molar-refractivity contribution is 0.101. The molecule has 0 aliphatic rings. The fourth-order valence-electron chi connectivity index (χ4n) is 0.998. The number of aliphatic hydroxyl groups excluding tert-OH is 1. The first-order valence-electron chi connectivity index (χ1n) is 5.26. The van der Waals surface area contributed by atoms with E-state index >= 15 is 0 Å². The Kier molecular flexibility index (Phi) is 4.49. The normalized spacial score (nSPS) is 12.9. The molecule has 0 bridgehead atoms. The van der Waals surface area contributed by atoms with Gasteiger partial charge in [-0.15, -0.1) is 0 Å². The van der Waals surface area contributed by atoms with Gasteiger partial charge in [0.05, 0.1) is 24.2 Å². The molecule has 0 aliphatic carbocycles. The Morgan fingerprint density at radius 3 is 2.53 bits per heavy atom. The van der Waals surface area contributed by atoms with Crippen LogP contribution in [0.1, 0.15) is 38.8 Å². The summed E-state index contributed by atoms with van der Waals surface area (Å²) in [4.78, 5) is 8.32. The van der Waals surface area contributed by atoms with Gasteiger partial charge in [-0.05, 0) is 12.3 Å². The van der Waals surface area contributed by atoms with E-state index in [1.54, 1.807) is 12.4 Å². The number of aromatic nitrogens is 2. The van der Waals surface area contributed by atoms with Crippen LogP contribution in [0.3, 0.4) is 0 Å². The van der Waals surface area contributed by atoms with Crippen LogP contribution < -0.4 is 4.74 Å². The predicted octanol–water partition coefficient (Wildman–Crippen LogP) is 1.75. The van der Waals surface area contributed by atoms with E-state index in [0.717, 1.165) is 5.69 Å². The maximum atomic E-state index is 9.29. The zero-order valence-electron chi connectivity index (χ0n) is 9.47. The maximum Gasteiger partial charge on any atom is 0.232 e. The van der Waals surface area contributed by atoms with Crippen LogP contribution in [0, 0.1) is 0 Å². The molecule has 0 radical (unpaired) electrons. The van der Waals surface area contributed by atoms with Gasteiger partial charge >= 0.3 is 0 Å². The van der Waals surface area contributed by atoms with E-state index in [2.05, 4.69) is 23.8 Å². The van der Waals surface area contributed by atoms with Crippen LogP contribution in [-0.4, -0.2) is 27.8 Å². The van der Waals surface area contributed by atoms with E-state index in [1.807, 2.05) is 6.92 Å². The predicted molar refractivity (Wildman–Crippen MR) is 57.9 cm³/mol. The Hall–Kier alpha value is -1.16. The highest BCUT2D eigenvalue weighted by Gasteiger charge is 2.04. The Bertz CT molecular complexity index is 285. The number of nitrogens with zero attached hydrogens (tertiary/aromatic N) is 2. The summed E-state index contributed by atoms with van der Waals surface area (Å²) in [6, 6.07) is 0. The average molecular weight is 210 g/mol. The molecule has 0 aromatic carbocycles. The Labute approximate surface area is 90.3 Å². The summed E-state index contributed by atoms with van der Waals surface area (Å²) >= 11 is 0. The summed E-state index contributed by atoms with van der Waals surface area (Å²) in [5.74, 6) is 0.833. The molecular weight excluding hydrogens is 192 g/mol. The monoisotopic (exact) mass is 210 g/mol. The van der Waals surface area contributed by atoms with Crippen molar-refractivity contribution in [3.05, 3.63) is 18.1 Å². The van der Waals surface area contributed by atoms with Crippen LogP contribution in [0.2, 0.25) is 0 Å². The summed E-state index contributed by atoms with van der Waals surface area (Å²) in [5.41, 5.74) is 0.943. The van der Waals surface area contributed by atoms with Gasteiger partial charge in [-0.3, -0.25) is 4.98 Å². The van der Waals surface area contributed by atoms with Crippen LogP contribution in [0.5, 0.6) is 5.88 Å². The van der Waals surface area contributed by atoms with E-state index in [-0.39, 0.29) is 6.61 Å². The van der Waals surface area contributed by atoms with Crippen molar-refractivity contribution in [3.8, 4) is 5.88 Å². The highest BCUT2D eigenvalue weighted by molar-refractivity contribution is 5.09. The van der Waals surface area contributed by atoms with Crippen LogP contribution in [0.4, 0.5) is 0 Å². The first-order chi connectivity index (χ1) is 7.13. The number of hydrogen-bond acceptors (Lipinski definition) is 4. The Balaban J connectivity index is 2.50. The highest BCUT2D eigenvalue weighted by Crippen LogP contribution is 2.12. The fourth-order valence-corrected chi connectivity index (χ4v) is 0.998. The second kappa shape index (κ2) is 5.66. The van der Waals surface area contributed by atoms with Crippen molar-refractivity contribution in [2.24, 2.45) is 0 Å². The lowest BCUT2D eigenvalue weighted by Crippen LogP contribution is -2.16. The van der Waals surface area contributed by atoms with Gasteiger partial charge in [0.15, 0.2) is 0 Å². The minimum absolute atomic E-state index is 0.270. The molecule has 1 rings (SSSR count). The summed E-state index contributed by atoms with van der Waals surface area (Å²) in [6.45, 7) is 6.30. The molecular formula is C11H18N2O2. The number of hydrogen-bond donors (Lipinski definition) is 1. The molecule has 0 saturated carbocycles. The van der Waals surface area contributed by atoms with E-state index in [4.69, 9.17) is 4.74 Å². The molecule has 1 aromatic heterocycles. The average Bonchev–Trinajstić information content (AvgIpc) is 2.26. The second-order valence-corrected chi connectivity index (χ2v) is 3.81. The summed E-state index contributed by atoms with van der Waals surface area (Å²) in [6.07, 6.45) is 3.55. The summed E-state index contributed by atoms with van der Waals surface area (Å²) in [7, 11) is 0. The summed E-state index contributed by atoms with van der Waals surface area (Å²) in [5, 5.41) is 9.29. The lowest BCUT2D eigenvalue weighted by atomic mass is 10.1. The van der Waals surface area contributed by atoms with Crippen molar-refractivity contribution < 1.29 is 9.84 Å². The van der Waals surface area contributed by atoms with E-state index in [9.17, 15) is 5.11 Å². The molecule has 0 aliphatic heterocycles. The highest BCUT2D eigenvalue weighted by atomic mass is 16.5. The van der Waals surface area contributed by atoms with Crippen LogP contribution in [0.15, 0.2) is 12.4 Å². The fraction of sp³-hybridized carbons (Fsp3) is 0.636. The van der Waals surface area contributed by atoms with Gasteiger partial charge in [-0.25, -0.2) is 4.98 Å². The molecule has 84 valence electrons. The number of rotatable bonds is 5. The number of aliphatic hydroxyl groups is 1. The van der Waals surface area contributed by atoms with Crippen molar-refractivity contribution >= 4 is 0 Å². The third-order valence-electron chi connectivity index (χ3n) is 2.13. The molecule has 0 fully saturated rings. The lowest BCUT2D eigenvalue weighted by Gasteiger charge is -2.09. The van der Waals surface area contributed by atoms with Gasteiger partial charge < -0.3 is 9.84 Å². The third-order valence-corrected chi connectivity index (χ3v) is 2.13. The quantitative estimate of drug-likeness (QED) is 0.804. The van der Waals surface area contributed by atoms with Crippen molar-refractivity contribution in [3.63, 3.8) is 0 Å². The molecule has 4 nitrogen and oxygen atoms in total. The van der Waals surface area contributed by atoms with Gasteiger partial charge in [0.1, 0.15) is 6.61 Å². The first-order valence-corrected chi connectivity index (χ1v) is 5.26. The molecule has 15 heavy (non-hydrogen) atoms. The van der Waals surface area contributed by atoms with Gasteiger partial charge in [-0.2, -0.15) is 0 Å². The number of ether oxygens (including phenoxy) is 1. The van der Waals surface area contributed by atoms with Crippen LogP contribution in [-0.2, 0) is 0 Å². The van der Waals surface area contributed by atoms with Crippen LogP contribution in [0.25, 0.3) is 0 Å². The molecule has 4 heteroatoms. The van der Waals surface area contributed by atoms with E-state index in [1.165, 1.54) is 0 Å². The van der Waals surface area contributed by atoms with Gasteiger partial charge in [-0.1, -0.05) is 20.8 Å². The Morgan fingerprint density at radius 1 is 1.33 bits per heavy atom. The van der Waals surface area contributed by atoms with Crippen molar-refractivity contribution in [1.29, 1.82) is 0 Å². The summed E-state index contributed by atoms with van der Waals surface area (Å²) < 4.78 is 5.27. The molecule has 1 N–H and O–H groups in total. The van der Waals surface area contributed by atoms with Crippen molar-refractivity contribution in [2.75, 3.05) is 6.61 Å². The standard InChI is InChI=1S/C11H18N2O2/c1-4-9(14)7-15-11-6-12-10(5-13-11)8(2)3/h5-6,8-9,14H,4,7H2,1-3H3/t9-/m1/s1. The topological polar surface area (TPSA) is 55.2 Å². The minimum Gasteiger partial charge on any atom is -0.474 e. The van der Waals surface area contributed by atoms with E-state index < -0.39 is 6.10 Å². The minimum atomic E-state index is -0.434. The van der Waals surface area contributed by atoms with Gasteiger partial charge in [0, 0.05) is 0 Å². The van der Waals surface area contributed by atoms with Crippen molar-refractivity contribution in [2.45, 2.75) is 39.2 Å². The smallest absolute Gasteiger partial charge is 0.232 e. The zero-order valence-corrected chi connectivity index (χ0v) is 9.47. The second-order valence-electron chi connectivity index (χ2n) is 3.81. The molecule has 1 aromatic rings. The van der Waals surface area contributed by atoms with Crippen molar-refractivity contribution in [1.82, 2.24) is 9.97 Å². The SMILES string of the molecule is CC[C@@H](O)COc1cnc(C(C)C)cn1. The van der Waals surface area contributed by atoms with Gasteiger partial charge in [0.2, 0.25) is 5.88 Å². The molecule has 1 heterocycles. The molecule has 0 spiro atoms. The zero-order chi connectivity index (χ0) is 11.3. The van der Waals surface area contributed by atoms with E-state index in [0.29, 0.717) is 18.2 Å². The molecule has 1 atom stereocenters. The molecule has 0 amide bonds. The van der Waals surface area contributed by atoms with Gasteiger partial charge in [0.25, 0.3) is 0 Å². The first kappa shape index (κ1) is 11.9. The maximum absolute atomic E-state index is 9.29. The third kappa shape index (κ3) is 3.83. The largest absolute Gasteiger partial charge is 0.474 e. The molecule has 0 saturated heterocycles.